The molecule has 0 fully saturated rings. The van der Waals surface area contributed by atoms with Gasteiger partial charge in [-0.25, -0.2) is 0 Å². The van der Waals surface area contributed by atoms with E-state index in [2.05, 4.69) is 24.5 Å². The van der Waals surface area contributed by atoms with E-state index in [1.165, 1.54) is 0 Å². The Bertz CT molecular complexity index is 342. The van der Waals surface area contributed by atoms with E-state index in [1.54, 1.807) is 0 Å². The molecule has 1 aromatic carbocycles. The molecule has 0 aliphatic carbocycles. The molecule has 0 saturated carbocycles. The zero-order chi connectivity index (χ0) is 12.7. The quantitative estimate of drug-likeness (QED) is 0.794. The van der Waals surface area contributed by atoms with Gasteiger partial charge in [0, 0.05) is 24.8 Å². The number of anilines is 1. The van der Waals surface area contributed by atoms with Crippen LogP contribution in [0.5, 0.6) is 0 Å². The second-order valence-electron chi connectivity index (χ2n) is 4.22. The summed E-state index contributed by atoms with van der Waals surface area (Å²) in [7, 11) is 1.86. The Morgan fingerprint density at radius 1 is 1.18 bits per heavy atom. The molecule has 0 unspecified atom stereocenters. The molecule has 3 nitrogen and oxygen atoms in total. The molecule has 0 bridgehead atoms. The first kappa shape index (κ1) is 13.6. The summed E-state index contributed by atoms with van der Waals surface area (Å²) in [5.74, 6) is 0.593. The Morgan fingerprint density at radius 2 is 1.76 bits per heavy atom. The monoisotopic (exact) mass is 234 g/mol. The first-order valence-corrected chi connectivity index (χ1v) is 6.27. The van der Waals surface area contributed by atoms with Gasteiger partial charge in [-0.05, 0) is 30.2 Å². The van der Waals surface area contributed by atoms with E-state index in [1.807, 2.05) is 31.3 Å². The van der Waals surface area contributed by atoms with Crippen molar-refractivity contribution in [2.75, 3.05) is 18.9 Å². The van der Waals surface area contributed by atoms with Crippen LogP contribution in [0.3, 0.4) is 0 Å². The van der Waals surface area contributed by atoms with Crippen molar-refractivity contribution < 1.29 is 4.79 Å². The summed E-state index contributed by atoms with van der Waals surface area (Å²) in [4.78, 5) is 11.8. The van der Waals surface area contributed by atoms with Crippen LogP contribution in [0.25, 0.3) is 0 Å². The van der Waals surface area contributed by atoms with E-state index in [-0.39, 0.29) is 5.91 Å². The molecular weight excluding hydrogens is 212 g/mol. The van der Waals surface area contributed by atoms with Crippen molar-refractivity contribution in [1.82, 2.24) is 5.32 Å². The van der Waals surface area contributed by atoms with Crippen LogP contribution in [-0.2, 0) is 0 Å². The van der Waals surface area contributed by atoms with Crippen LogP contribution in [0, 0.1) is 5.92 Å². The topological polar surface area (TPSA) is 41.1 Å². The van der Waals surface area contributed by atoms with Crippen LogP contribution in [0.15, 0.2) is 24.3 Å². The smallest absolute Gasteiger partial charge is 0.251 e. The maximum atomic E-state index is 11.8. The Balaban J connectivity index is 2.51. The third-order valence-corrected chi connectivity index (χ3v) is 3.14. The number of carbonyl (C=O) groups excluding carboxylic acids is 1. The fourth-order valence-corrected chi connectivity index (χ4v) is 1.70. The van der Waals surface area contributed by atoms with Crippen molar-refractivity contribution in [1.29, 1.82) is 0 Å². The van der Waals surface area contributed by atoms with Gasteiger partial charge in [0.15, 0.2) is 0 Å². The normalized spacial score (nSPS) is 10.4. The third kappa shape index (κ3) is 4.10. The molecular formula is C14H22N2O. The molecule has 0 spiro atoms. The number of hydrogen-bond acceptors (Lipinski definition) is 2. The summed E-state index contributed by atoms with van der Waals surface area (Å²) >= 11 is 0. The molecule has 0 atom stereocenters. The lowest BCUT2D eigenvalue weighted by molar-refractivity contribution is 0.0946. The molecule has 0 aromatic heterocycles. The molecule has 0 saturated heterocycles. The number of hydrogen-bond donors (Lipinski definition) is 2. The molecule has 2 N–H and O–H groups in total. The fraction of sp³-hybridized carbons (Fsp3) is 0.500. The second-order valence-corrected chi connectivity index (χ2v) is 4.22. The molecule has 0 aliphatic heterocycles. The van der Waals surface area contributed by atoms with Crippen molar-refractivity contribution in [2.45, 2.75) is 26.7 Å². The van der Waals surface area contributed by atoms with E-state index in [4.69, 9.17) is 0 Å². The Morgan fingerprint density at radius 3 is 2.24 bits per heavy atom. The van der Waals surface area contributed by atoms with Crippen LogP contribution in [0.1, 0.15) is 37.0 Å². The van der Waals surface area contributed by atoms with Gasteiger partial charge in [-0.15, -0.1) is 0 Å². The lowest BCUT2D eigenvalue weighted by atomic mass is 10.0. The van der Waals surface area contributed by atoms with E-state index in [0.717, 1.165) is 30.6 Å². The van der Waals surface area contributed by atoms with Crippen LogP contribution < -0.4 is 10.6 Å². The summed E-state index contributed by atoms with van der Waals surface area (Å²) in [6.07, 6.45) is 2.21. The van der Waals surface area contributed by atoms with Gasteiger partial charge in [0.05, 0.1) is 0 Å². The van der Waals surface area contributed by atoms with Crippen LogP contribution in [0.4, 0.5) is 5.69 Å². The maximum Gasteiger partial charge on any atom is 0.251 e. The highest BCUT2D eigenvalue weighted by atomic mass is 16.1. The average molecular weight is 234 g/mol. The number of rotatable bonds is 6. The van der Waals surface area contributed by atoms with Gasteiger partial charge < -0.3 is 10.6 Å². The highest BCUT2D eigenvalue weighted by Gasteiger charge is 2.08. The fourth-order valence-electron chi connectivity index (χ4n) is 1.70. The summed E-state index contributed by atoms with van der Waals surface area (Å²) in [6, 6.07) is 7.50. The van der Waals surface area contributed by atoms with Crippen molar-refractivity contribution >= 4 is 11.6 Å². The summed E-state index contributed by atoms with van der Waals surface area (Å²) < 4.78 is 0. The van der Waals surface area contributed by atoms with Gasteiger partial charge in [-0.1, -0.05) is 26.7 Å². The number of carbonyl (C=O) groups is 1. The van der Waals surface area contributed by atoms with Crippen molar-refractivity contribution in [3.05, 3.63) is 29.8 Å². The molecule has 0 aliphatic rings. The third-order valence-electron chi connectivity index (χ3n) is 3.14. The van der Waals surface area contributed by atoms with Crippen molar-refractivity contribution in [3.8, 4) is 0 Å². The first-order valence-electron chi connectivity index (χ1n) is 6.27. The number of nitrogens with one attached hydrogen (secondary N) is 2. The Labute approximate surface area is 104 Å². The van der Waals surface area contributed by atoms with Crippen LogP contribution in [-0.4, -0.2) is 19.5 Å². The van der Waals surface area contributed by atoms with Crippen molar-refractivity contribution in [3.63, 3.8) is 0 Å². The Kier molecular flexibility index (Phi) is 5.53. The molecule has 0 heterocycles. The SMILES string of the molecule is CCC(CC)CNC(=O)c1ccc(NC)cc1. The van der Waals surface area contributed by atoms with Crippen LogP contribution >= 0.6 is 0 Å². The lowest BCUT2D eigenvalue weighted by Crippen LogP contribution is -2.28. The number of amides is 1. The molecule has 17 heavy (non-hydrogen) atoms. The minimum Gasteiger partial charge on any atom is -0.388 e. The van der Waals surface area contributed by atoms with Gasteiger partial charge in [0.2, 0.25) is 0 Å². The van der Waals surface area contributed by atoms with Gasteiger partial charge in [0.25, 0.3) is 5.91 Å². The molecule has 1 amide bonds. The van der Waals surface area contributed by atoms with E-state index in [9.17, 15) is 4.79 Å². The average Bonchev–Trinajstić information content (AvgIpc) is 2.39. The predicted molar refractivity (Wildman–Crippen MR) is 72.4 cm³/mol. The molecule has 1 aromatic rings. The van der Waals surface area contributed by atoms with E-state index < -0.39 is 0 Å². The predicted octanol–water partition coefficient (Wildman–Crippen LogP) is 2.89. The van der Waals surface area contributed by atoms with Gasteiger partial charge in [0.1, 0.15) is 0 Å². The second kappa shape index (κ2) is 6.94. The highest BCUT2D eigenvalue weighted by Crippen LogP contribution is 2.09. The van der Waals surface area contributed by atoms with E-state index in [0.29, 0.717) is 5.92 Å². The minimum atomic E-state index is 0.0135. The molecule has 94 valence electrons. The maximum absolute atomic E-state index is 11.8. The summed E-state index contributed by atoms with van der Waals surface area (Å²) in [6.45, 7) is 5.07. The highest BCUT2D eigenvalue weighted by molar-refractivity contribution is 5.94. The minimum absolute atomic E-state index is 0.0135. The standard InChI is InChI=1S/C14H22N2O/c1-4-11(5-2)10-16-14(17)12-6-8-13(15-3)9-7-12/h6-9,11,15H,4-5,10H2,1-3H3,(H,16,17). The molecule has 1 rings (SSSR count). The van der Waals surface area contributed by atoms with Crippen molar-refractivity contribution in [2.24, 2.45) is 5.92 Å². The molecule has 3 heteroatoms. The zero-order valence-electron chi connectivity index (χ0n) is 10.9. The summed E-state index contributed by atoms with van der Waals surface area (Å²) in [5.41, 5.74) is 1.73. The van der Waals surface area contributed by atoms with Gasteiger partial charge in [-0.2, -0.15) is 0 Å². The molecule has 0 radical (unpaired) electrons. The lowest BCUT2D eigenvalue weighted by Gasteiger charge is -2.13. The zero-order valence-corrected chi connectivity index (χ0v) is 10.9. The van der Waals surface area contributed by atoms with Gasteiger partial charge in [-0.3, -0.25) is 4.79 Å². The van der Waals surface area contributed by atoms with Gasteiger partial charge >= 0.3 is 0 Å². The Hall–Kier alpha value is -1.51. The summed E-state index contributed by atoms with van der Waals surface area (Å²) in [5, 5.41) is 6.01. The number of benzene rings is 1. The first-order chi connectivity index (χ1) is 8.21. The van der Waals surface area contributed by atoms with E-state index >= 15 is 0 Å². The van der Waals surface area contributed by atoms with Crippen LogP contribution in [0.2, 0.25) is 0 Å². The largest absolute Gasteiger partial charge is 0.388 e.